The first kappa shape index (κ1) is 15.9. The number of halogens is 2. The van der Waals surface area contributed by atoms with Crippen molar-refractivity contribution in [3.8, 4) is 0 Å². The number of carbonyl (C=O) groups excluding carboxylic acids is 1. The summed E-state index contributed by atoms with van der Waals surface area (Å²) in [5.41, 5.74) is 1.38. The van der Waals surface area contributed by atoms with Crippen molar-refractivity contribution < 1.29 is 9.18 Å². The van der Waals surface area contributed by atoms with Crippen LogP contribution in [0.15, 0.2) is 18.2 Å². The van der Waals surface area contributed by atoms with Crippen LogP contribution < -0.4 is 10.6 Å². The van der Waals surface area contributed by atoms with Gasteiger partial charge in [-0.15, -0.1) is 12.4 Å². The van der Waals surface area contributed by atoms with Gasteiger partial charge in [0.1, 0.15) is 5.82 Å². The van der Waals surface area contributed by atoms with Gasteiger partial charge in [-0.1, -0.05) is 12.1 Å². The Hall–Kier alpha value is -1.13. The molecule has 2 N–H and O–H groups in total. The third-order valence-electron chi connectivity index (χ3n) is 2.41. The van der Waals surface area contributed by atoms with Gasteiger partial charge in [-0.25, -0.2) is 4.39 Å². The van der Waals surface area contributed by atoms with Crippen LogP contribution in [0, 0.1) is 12.7 Å². The maximum Gasteiger partial charge on any atom is 0.234 e. The molecule has 0 saturated heterocycles. The number of amides is 1. The standard InChI is InChI=1S/C12H17FN2O.ClH/c1-8-4-5-10(6-11(8)13)9(2)15-12(16)7-14-3;/h4-6,9,14H,7H2,1-3H3,(H,15,16);1H. The van der Waals surface area contributed by atoms with Crippen LogP contribution in [-0.2, 0) is 4.79 Å². The van der Waals surface area contributed by atoms with Gasteiger partial charge in [0, 0.05) is 0 Å². The highest BCUT2D eigenvalue weighted by Crippen LogP contribution is 2.15. The second kappa shape index (κ2) is 7.25. The summed E-state index contributed by atoms with van der Waals surface area (Å²) < 4.78 is 13.3. The van der Waals surface area contributed by atoms with Crippen LogP contribution in [0.1, 0.15) is 24.1 Å². The Morgan fingerprint density at radius 1 is 1.47 bits per heavy atom. The molecule has 1 unspecified atom stereocenters. The van der Waals surface area contributed by atoms with Crippen molar-refractivity contribution in [1.82, 2.24) is 10.6 Å². The molecule has 0 spiro atoms. The zero-order valence-electron chi connectivity index (χ0n) is 10.2. The molecule has 0 radical (unpaired) electrons. The first-order chi connectivity index (χ1) is 7.54. The molecule has 0 aliphatic heterocycles. The predicted octanol–water partition coefficient (Wildman–Crippen LogP) is 1.95. The summed E-state index contributed by atoms with van der Waals surface area (Å²) in [5.74, 6) is -0.344. The third-order valence-corrected chi connectivity index (χ3v) is 2.41. The van der Waals surface area contributed by atoms with Gasteiger partial charge in [0.2, 0.25) is 5.91 Å². The molecule has 0 bridgehead atoms. The van der Waals surface area contributed by atoms with E-state index in [1.165, 1.54) is 6.07 Å². The molecule has 1 atom stereocenters. The van der Waals surface area contributed by atoms with Crippen LogP contribution in [0.5, 0.6) is 0 Å². The van der Waals surface area contributed by atoms with Gasteiger partial charge >= 0.3 is 0 Å². The average Bonchev–Trinajstić information content (AvgIpc) is 2.22. The van der Waals surface area contributed by atoms with E-state index in [4.69, 9.17) is 0 Å². The highest BCUT2D eigenvalue weighted by atomic mass is 35.5. The summed E-state index contributed by atoms with van der Waals surface area (Å²) >= 11 is 0. The van der Waals surface area contributed by atoms with Crippen LogP contribution >= 0.6 is 12.4 Å². The molecule has 0 saturated carbocycles. The van der Waals surface area contributed by atoms with E-state index < -0.39 is 0 Å². The number of nitrogens with one attached hydrogen (secondary N) is 2. The molecule has 0 aliphatic rings. The zero-order chi connectivity index (χ0) is 12.1. The largest absolute Gasteiger partial charge is 0.348 e. The minimum atomic E-state index is -0.243. The second-order valence-electron chi connectivity index (χ2n) is 3.83. The van der Waals surface area contributed by atoms with Gasteiger partial charge < -0.3 is 10.6 Å². The number of carbonyl (C=O) groups is 1. The van der Waals surface area contributed by atoms with Gasteiger partial charge in [-0.2, -0.15) is 0 Å². The van der Waals surface area contributed by atoms with Gasteiger partial charge in [-0.3, -0.25) is 4.79 Å². The van der Waals surface area contributed by atoms with E-state index in [1.807, 2.05) is 13.0 Å². The minimum Gasteiger partial charge on any atom is -0.348 e. The van der Waals surface area contributed by atoms with Gasteiger partial charge in [0.25, 0.3) is 0 Å². The quantitative estimate of drug-likeness (QED) is 0.869. The molecule has 1 amide bonds. The SMILES string of the molecule is CNCC(=O)NC(C)c1ccc(C)c(F)c1.Cl. The van der Waals surface area contributed by atoms with Crippen molar-refractivity contribution in [2.24, 2.45) is 0 Å². The lowest BCUT2D eigenvalue weighted by atomic mass is 10.1. The highest BCUT2D eigenvalue weighted by molar-refractivity contribution is 5.85. The fourth-order valence-electron chi connectivity index (χ4n) is 1.41. The monoisotopic (exact) mass is 260 g/mol. The molecule has 1 aromatic carbocycles. The fourth-order valence-corrected chi connectivity index (χ4v) is 1.41. The molecule has 0 aromatic heterocycles. The maximum absolute atomic E-state index is 13.3. The summed E-state index contributed by atoms with van der Waals surface area (Å²) in [5, 5.41) is 5.53. The molecule has 0 aliphatic carbocycles. The van der Waals surface area contributed by atoms with E-state index in [9.17, 15) is 9.18 Å². The second-order valence-corrected chi connectivity index (χ2v) is 3.83. The number of hydrogen-bond acceptors (Lipinski definition) is 2. The average molecular weight is 261 g/mol. The van der Waals surface area contributed by atoms with E-state index in [0.29, 0.717) is 5.56 Å². The molecule has 1 rings (SSSR count). The lowest BCUT2D eigenvalue weighted by Crippen LogP contribution is -2.33. The molecule has 0 heterocycles. The number of aryl methyl sites for hydroxylation is 1. The number of likely N-dealkylation sites (N-methyl/N-ethyl adjacent to an activating group) is 1. The minimum absolute atomic E-state index is 0. The van der Waals surface area contributed by atoms with Crippen molar-refractivity contribution in [2.45, 2.75) is 19.9 Å². The van der Waals surface area contributed by atoms with Crippen molar-refractivity contribution in [3.63, 3.8) is 0 Å². The fraction of sp³-hybridized carbons (Fsp3) is 0.417. The van der Waals surface area contributed by atoms with Crippen molar-refractivity contribution >= 4 is 18.3 Å². The molecular weight excluding hydrogens is 243 g/mol. The predicted molar refractivity (Wildman–Crippen MR) is 68.9 cm³/mol. The van der Waals surface area contributed by atoms with E-state index in [1.54, 1.807) is 20.0 Å². The Labute approximate surface area is 107 Å². The number of benzene rings is 1. The lowest BCUT2D eigenvalue weighted by Gasteiger charge is -2.14. The molecular formula is C12H18ClFN2O. The Morgan fingerprint density at radius 3 is 2.65 bits per heavy atom. The molecule has 5 heteroatoms. The smallest absolute Gasteiger partial charge is 0.234 e. The number of hydrogen-bond donors (Lipinski definition) is 2. The van der Waals surface area contributed by atoms with Gasteiger partial charge in [0.05, 0.1) is 12.6 Å². The van der Waals surface area contributed by atoms with Crippen LogP contribution in [0.3, 0.4) is 0 Å². The Kier molecular flexibility index (Phi) is 6.76. The lowest BCUT2D eigenvalue weighted by molar-refractivity contribution is -0.120. The topological polar surface area (TPSA) is 41.1 Å². The molecule has 3 nitrogen and oxygen atoms in total. The highest BCUT2D eigenvalue weighted by Gasteiger charge is 2.10. The van der Waals surface area contributed by atoms with E-state index in [0.717, 1.165) is 5.56 Å². The van der Waals surface area contributed by atoms with Crippen LogP contribution in [0.2, 0.25) is 0 Å². The molecule has 0 fully saturated rings. The Bertz CT molecular complexity index is 385. The Morgan fingerprint density at radius 2 is 2.12 bits per heavy atom. The maximum atomic E-state index is 13.3. The van der Waals surface area contributed by atoms with Crippen LogP contribution in [0.25, 0.3) is 0 Å². The summed E-state index contributed by atoms with van der Waals surface area (Å²) in [7, 11) is 1.70. The van der Waals surface area contributed by atoms with E-state index >= 15 is 0 Å². The summed E-state index contributed by atoms with van der Waals surface area (Å²) in [6, 6.07) is 4.81. The normalized spacial score (nSPS) is 11.5. The molecule has 96 valence electrons. The summed E-state index contributed by atoms with van der Waals surface area (Å²) in [6.07, 6.45) is 0. The van der Waals surface area contributed by atoms with Crippen molar-refractivity contribution in [3.05, 3.63) is 35.1 Å². The van der Waals surface area contributed by atoms with Crippen LogP contribution in [0.4, 0.5) is 4.39 Å². The van der Waals surface area contributed by atoms with Crippen molar-refractivity contribution in [2.75, 3.05) is 13.6 Å². The summed E-state index contributed by atoms with van der Waals surface area (Å²) in [4.78, 5) is 11.3. The zero-order valence-corrected chi connectivity index (χ0v) is 11.0. The first-order valence-electron chi connectivity index (χ1n) is 5.24. The van der Waals surface area contributed by atoms with Gasteiger partial charge in [-0.05, 0) is 38.1 Å². The molecule has 1 aromatic rings. The van der Waals surface area contributed by atoms with E-state index in [-0.39, 0.29) is 36.7 Å². The van der Waals surface area contributed by atoms with Gasteiger partial charge in [0.15, 0.2) is 0 Å². The van der Waals surface area contributed by atoms with E-state index in [2.05, 4.69) is 10.6 Å². The van der Waals surface area contributed by atoms with Crippen molar-refractivity contribution in [1.29, 1.82) is 0 Å². The molecule has 17 heavy (non-hydrogen) atoms. The number of rotatable bonds is 4. The summed E-state index contributed by atoms with van der Waals surface area (Å²) in [6.45, 7) is 3.81. The van der Waals surface area contributed by atoms with Crippen LogP contribution in [-0.4, -0.2) is 19.5 Å². The Balaban J connectivity index is 0.00000256. The third kappa shape index (κ3) is 4.71. The first-order valence-corrected chi connectivity index (χ1v) is 5.24.